The van der Waals surface area contributed by atoms with Gasteiger partial charge in [0.1, 0.15) is 5.75 Å². The smallest absolute Gasteiger partial charge is 0.343 e. The number of fused-ring (bicyclic) bond motifs is 1. The average molecular weight is 393 g/mol. The fraction of sp³-hybridized carbons (Fsp3) is 0.111. The second kappa shape index (κ2) is 8.34. The van der Waals surface area contributed by atoms with Gasteiger partial charge < -0.3 is 4.74 Å². The first-order chi connectivity index (χ1) is 14.5. The molecule has 4 aromatic carbocycles. The molecule has 148 valence electrons. The number of benzene rings is 4. The second-order valence-corrected chi connectivity index (χ2v) is 7.50. The number of ether oxygens (including phenoxy) is 1. The first kappa shape index (κ1) is 19.6. The molecule has 0 aliphatic heterocycles. The highest BCUT2D eigenvalue weighted by Crippen LogP contribution is 2.29. The van der Waals surface area contributed by atoms with Crippen molar-refractivity contribution >= 4 is 28.6 Å². The Labute approximate surface area is 176 Å². The fourth-order valence-electron chi connectivity index (χ4n) is 3.43. The van der Waals surface area contributed by atoms with Crippen molar-refractivity contribution in [3.8, 4) is 5.75 Å². The lowest BCUT2D eigenvalue weighted by atomic mass is 10.0. The van der Waals surface area contributed by atoms with E-state index in [0.717, 1.165) is 33.2 Å². The van der Waals surface area contributed by atoms with Gasteiger partial charge in [-0.1, -0.05) is 65.7 Å². The van der Waals surface area contributed by atoms with Gasteiger partial charge >= 0.3 is 5.97 Å². The Morgan fingerprint density at radius 1 is 0.833 bits per heavy atom. The number of carbonyl (C=O) groups is 1. The van der Waals surface area contributed by atoms with Crippen molar-refractivity contribution in [3.63, 3.8) is 0 Å². The molecule has 0 aromatic heterocycles. The van der Waals surface area contributed by atoms with Gasteiger partial charge in [0.15, 0.2) is 0 Å². The van der Waals surface area contributed by atoms with E-state index < -0.39 is 0 Å². The predicted molar refractivity (Wildman–Crippen MR) is 123 cm³/mol. The van der Waals surface area contributed by atoms with Crippen LogP contribution in [0.2, 0.25) is 0 Å². The summed E-state index contributed by atoms with van der Waals surface area (Å²) in [6.45, 7) is 6.09. The minimum absolute atomic E-state index is 0.383. The highest BCUT2D eigenvalue weighted by Gasteiger charge is 2.13. The topological polar surface area (TPSA) is 38.7 Å². The van der Waals surface area contributed by atoms with Crippen LogP contribution in [0.4, 0.5) is 5.69 Å². The molecule has 0 fully saturated rings. The quantitative estimate of drug-likeness (QED) is 0.219. The molecular weight excluding hydrogens is 370 g/mol. The fourth-order valence-corrected chi connectivity index (χ4v) is 3.43. The Bertz CT molecular complexity index is 1250. The summed E-state index contributed by atoms with van der Waals surface area (Å²) in [7, 11) is 0. The van der Waals surface area contributed by atoms with Crippen LogP contribution in [0.1, 0.15) is 32.6 Å². The van der Waals surface area contributed by atoms with E-state index >= 15 is 0 Å². The van der Waals surface area contributed by atoms with Crippen molar-refractivity contribution in [1.82, 2.24) is 0 Å². The molecule has 0 atom stereocenters. The molecule has 0 bridgehead atoms. The normalized spacial score (nSPS) is 11.2. The molecule has 4 aromatic rings. The summed E-state index contributed by atoms with van der Waals surface area (Å²) >= 11 is 0. The second-order valence-electron chi connectivity index (χ2n) is 7.50. The minimum atomic E-state index is -0.383. The molecule has 0 spiro atoms. The minimum Gasteiger partial charge on any atom is -0.422 e. The Kier molecular flexibility index (Phi) is 5.44. The van der Waals surface area contributed by atoms with Gasteiger partial charge in [0.05, 0.1) is 11.3 Å². The maximum Gasteiger partial charge on any atom is 0.343 e. The SMILES string of the molecule is Cc1ccc(C(=O)Oc2ccc3ccccc3c2C=Nc2ccc(C)cc2C)cc1. The number of hydrogen-bond donors (Lipinski definition) is 0. The van der Waals surface area contributed by atoms with Crippen LogP contribution >= 0.6 is 0 Å². The van der Waals surface area contributed by atoms with Crippen LogP contribution in [-0.2, 0) is 0 Å². The van der Waals surface area contributed by atoms with E-state index in [1.54, 1.807) is 18.3 Å². The molecule has 0 aliphatic rings. The average Bonchev–Trinajstić information content (AvgIpc) is 2.74. The monoisotopic (exact) mass is 393 g/mol. The lowest BCUT2D eigenvalue weighted by Crippen LogP contribution is -2.10. The largest absolute Gasteiger partial charge is 0.422 e. The highest BCUT2D eigenvalue weighted by molar-refractivity contribution is 6.04. The molecule has 0 unspecified atom stereocenters. The highest BCUT2D eigenvalue weighted by atomic mass is 16.5. The lowest BCUT2D eigenvalue weighted by molar-refractivity contribution is 0.0735. The zero-order valence-corrected chi connectivity index (χ0v) is 17.3. The van der Waals surface area contributed by atoms with E-state index in [0.29, 0.717) is 11.3 Å². The number of hydrogen-bond acceptors (Lipinski definition) is 3. The number of aryl methyl sites for hydroxylation is 3. The Morgan fingerprint density at radius 2 is 1.57 bits per heavy atom. The van der Waals surface area contributed by atoms with Crippen LogP contribution < -0.4 is 4.74 Å². The molecule has 0 amide bonds. The summed E-state index contributed by atoms with van der Waals surface area (Å²) in [5.74, 6) is 0.110. The van der Waals surface area contributed by atoms with Crippen LogP contribution in [-0.4, -0.2) is 12.2 Å². The van der Waals surface area contributed by atoms with Crippen molar-refractivity contribution < 1.29 is 9.53 Å². The molecule has 0 aliphatic carbocycles. The molecule has 0 radical (unpaired) electrons. The summed E-state index contributed by atoms with van der Waals surface area (Å²) in [5, 5.41) is 2.05. The van der Waals surface area contributed by atoms with Gasteiger partial charge in [-0.25, -0.2) is 4.79 Å². The van der Waals surface area contributed by atoms with Gasteiger partial charge in [0.2, 0.25) is 0 Å². The Morgan fingerprint density at radius 3 is 2.33 bits per heavy atom. The number of carbonyl (C=O) groups excluding carboxylic acids is 1. The van der Waals surface area contributed by atoms with Gasteiger partial charge in [-0.2, -0.15) is 0 Å². The number of nitrogens with zero attached hydrogens (tertiary/aromatic N) is 1. The molecule has 0 N–H and O–H groups in total. The molecular formula is C27H23NO2. The third-order valence-corrected chi connectivity index (χ3v) is 5.11. The Hall–Kier alpha value is -3.72. The van der Waals surface area contributed by atoms with Crippen molar-refractivity contribution in [1.29, 1.82) is 0 Å². The molecule has 0 heterocycles. The zero-order valence-electron chi connectivity index (χ0n) is 17.3. The van der Waals surface area contributed by atoms with Crippen LogP contribution in [0.3, 0.4) is 0 Å². The predicted octanol–water partition coefficient (Wildman–Crippen LogP) is 6.73. The summed E-state index contributed by atoms with van der Waals surface area (Å²) < 4.78 is 5.79. The maximum atomic E-state index is 12.7. The van der Waals surface area contributed by atoms with Crippen molar-refractivity contribution in [2.75, 3.05) is 0 Å². The summed E-state index contributed by atoms with van der Waals surface area (Å²) in [4.78, 5) is 17.4. The van der Waals surface area contributed by atoms with E-state index in [1.807, 2.05) is 74.5 Å². The van der Waals surface area contributed by atoms with Crippen LogP contribution in [0.25, 0.3) is 10.8 Å². The third-order valence-electron chi connectivity index (χ3n) is 5.11. The van der Waals surface area contributed by atoms with Crippen LogP contribution in [0.5, 0.6) is 5.75 Å². The number of esters is 1. The van der Waals surface area contributed by atoms with E-state index in [1.165, 1.54) is 5.56 Å². The summed E-state index contributed by atoms with van der Waals surface area (Å²) in [6, 6.07) is 25.3. The molecule has 4 rings (SSSR count). The van der Waals surface area contributed by atoms with E-state index in [2.05, 4.69) is 13.0 Å². The summed E-state index contributed by atoms with van der Waals surface area (Å²) in [5.41, 5.74) is 5.59. The molecule has 30 heavy (non-hydrogen) atoms. The standard InChI is InChI=1S/C27H23NO2/c1-18-8-11-22(12-9-18)27(29)30-26-15-13-21-6-4-5-7-23(21)24(26)17-28-25-14-10-19(2)16-20(25)3/h4-17H,1-3H3. The molecule has 3 heteroatoms. The Balaban J connectivity index is 1.75. The molecule has 0 saturated carbocycles. The number of aliphatic imine (C=N–C) groups is 1. The van der Waals surface area contributed by atoms with Crippen LogP contribution in [0, 0.1) is 20.8 Å². The first-order valence-corrected chi connectivity index (χ1v) is 9.93. The zero-order chi connectivity index (χ0) is 21.1. The van der Waals surface area contributed by atoms with Crippen molar-refractivity contribution in [2.24, 2.45) is 4.99 Å². The van der Waals surface area contributed by atoms with Gasteiger partial charge in [0, 0.05) is 11.8 Å². The van der Waals surface area contributed by atoms with E-state index in [4.69, 9.17) is 9.73 Å². The lowest BCUT2D eigenvalue weighted by Gasteiger charge is -2.11. The van der Waals surface area contributed by atoms with E-state index in [9.17, 15) is 4.79 Å². The number of rotatable bonds is 4. The van der Waals surface area contributed by atoms with Gasteiger partial charge in [0.25, 0.3) is 0 Å². The van der Waals surface area contributed by atoms with Crippen molar-refractivity contribution in [2.45, 2.75) is 20.8 Å². The van der Waals surface area contributed by atoms with Gasteiger partial charge in [-0.05, 0) is 61.4 Å². The van der Waals surface area contributed by atoms with Gasteiger partial charge in [-0.15, -0.1) is 0 Å². The maximum absolute atomic E-state index is 12.7. The molecule has 0 saturated heterocycles. The third kappa shape index (κ3) is 4.15. The summed E-state index contributed by atoms with van der Waals surface area (Å²) in [6.07, 6.45) is 1.79. The first-order valence-electron chi connectivity index (χ1n) is 9.93. The van der Waals surface area contributed by atoms with Gasteiger partial charge in [-0.3, -0.25) is 4.99 Å². The van der Waals surface area contributed by atoms with E-state index in [-0.39, 0.29) is 5.97 Å². The van der Waals surface area contributed by atoms with Crippen LogP contribution in [0.15, 0.2) is 83.9 Å². The van der Waals surface area contributed by atoms with Crippen molar-refractivity contribution in [3.05, 3.63) is 107 Å². The molecule has 3 nitrogen and oxygen atoms in total.